The number of para-hydroxylation sites is 1. The van der Waals surface area contributed by atoms with Crippen LogP contribution in [0.25, 0.3) is 0 Å². The first-order valence-corrected chi connectivity index (χ1v) is 11.1. The number of benzene rings is 1. The molecule has 0 spiro atoms. The van der Waals surface area contributed by atoms with Crippen molar-refractivity contribution in [2.75, 3.05) is 57.3 Å². The van der Waals surface area contributed by atoms with Gasteiger partial charge < -0.3 is 19.6 Å². The minimum absolute atomic E-state index is 0.340. The molecular weight excluding hydrogens is 378 g/mol. The van der Waals surface area contributed by atoms with Crippen LogP contribution < -0.4 is 9.64 Å². The predicted molar refractivity (Wildman–Crippen MR) is 118 cm³/mol. The third kappa shape index (κ3) is 5.90. The molecule has 1 N–H and O–H groups in total. The average Bonchev–Trinajstić information content (AvgIpc) is 2.80. The lowest BCUT2D eigenvalue weighted by molar-refractivity contribution is 0.0611. The van der Waals surface area contributed by atoms with Gasteiger partial charge in [-0.05, 0) is 38.1 Å². The van der Waals surface area contributed by atoms with Crippen molar-refractivity contribution in [2.24, 2.45) is 0 Å². The number of likely N-dealkylation sites (tertiary alicyclic amines) is 1. The predicted octanol–water partition coefficient (Wildman–Crippen LogP) is 2.02. The van der Waals surface area contributed by atoms with Crippen LogP contribution in [0.5, 0.6) is 5.75 Å². The van der Waals surface area contributed by atoms with Gasteiger partial charge in [0.15, 0.2) is 0 Å². The number of piperazine rings is 1. The van der Waals surface area contributed by atoms with E-state index in [0.29, 0.717) is 13.2 Å². The summed E-state index contributed by atoms with van der Waals surface area (Å²) in [5.74, 6) is 1.69. The second kappa shape index (κ2) is 10.7. The molecule has 7 nitrogen and oxygen atoms in total. The summed E-state index contributed by atoms with van der Waals surface area (Å²) in [6.07, 6.45) is 6.92. The summed E-state index contributed by atoms with van der Waals surface area (Å²) >= 11 is 0. The fourth-order valence-electron chi connectivity index (χ4n) is 4.26. The van der Waals surface area contributed by atoms with Crippen molar-refractivity contribution in [2.45, 2.75) is 31.9 Å². The molecule has 1 aromatic heterocycles. The van der Waals surface area contributed by atoms with Crippen molar-refractivity contribution in [3.05, 3.63) is 48.3 Å². The molecule has 30 heavy (non-hydrogen) atoms. The zero-order valence-corrected chi connectivity index (χ0v) is 17.7. The quantitative estimate of drug-likeness (QED) is 0.713. The Labute approximate surface area is 179 Å². The van der Waals surface area contributed by atoms with Gasteiger partial charge in [0.1, 0.15) is 18.5 Å². The molecule has 4 rings (SSSR count). The maximum Gasteiger partial charge on any atom is 0.225 e. The maximum atomic E-state index is 10.4. The molecule has 2 saturated heterocycles. The highest BCUT2D eigenvalue weighted by Gasteiger charge is 2.20. The topological polar surface area (TPSA) is 65.0 Å². The number of nitrogens with zero attached hydrogens (tertiary/aromatic N) is 5. The largest absolute Gasteiger partial charge is 0.491 e. The van der Waals surface area contributed by atoms with Gasteiger partial charge in [0.2, 0.25) is 5.95 Å². The fourth-order valence-corrected chi connectivity index (χ4v) is 4.26. The van der Waals surface area contributed by atoms with Crippen LogP contribution in [0.3, 0.4) is 0 Å². The molecule has 1 aromatic carbocycles. The number of hydrogen-bond donors (Lipinski definition) is 1. The summed E-state index contributed by atoms with van der Waals surface area (Å²) in [7, 11) is 0. The van der Waals surface area contributed by atoms with Crippen LogP contribution in [-0.2, 0) is 6.54 Å². The van der Waals surface area contributed by atoms with Crippen molar-refractivity contribution >= 4 is 5.95 Å². The van der Waals surface area contributed by atoms with Gasteiger partial charge in [-0.3, -0.25) is 4.90 Å². The van der Waals surface area contributed by atoms with Gasteiger partial charge in [-0.15, -0.1) is 0 Å². The number of piperidine rings is 1. The van der Waals surface area contributed by atoms with E-state index in [4.69, 9.17) is 4.74 Å². The van der Waals surface area contributed by atoms with Gasteiger partial charge >= 0.3 is 0 Å². The fraction of sp³-hybridized carbons (Fsp3) is 0.565. The lowest BCUT2D eigenvalue weighted by Crippen LogP contribution is -2.46. The van der Waals surface area contributed by atoms with Crippen LogP contribution in [-0.4, -0.2) is 83.4 Å². The molecule has 2 aliphatic rings. The summed E-state index contributed by atoms with van der Waals surface area (Å²) in [5.41, 5.74) is 1.17. The highest BCUT2D eigenvalue weighted by Crippen LogP contribution is 2.21. The first kappa shape index (κ1) is 21.0. The zero-order chi connectivity index (χ0) is 20.6. The van der Waals surface area contributed by atoms with Gasteiger partial charge in [-0.1, -0.05) is 24.6 Å². The highest BCUT2D eigenvalue weighted by atomic mass is 16.5. The van der Waals surface area contributed by atoms with Gasteiger partial charge in [0.05, 0.1) is 0 Å². The number of hydrogen-bond acceptors (Lipinski definition) is 7. The van der Waals surface area contributed by atoms with E-state index in [0.717, 1.165) is 57.5 Å². The van der Waals surface area contributed by atoms with E-state index in [-0.39, 0.29) is 0 Å². The Morgan fingerprint density at radius 2 is 1.60 bits per heavy atom. The van der Waals surface area contributed by atoms with E-state index in [1.165, 1.54) is 24.8 Å². The van der Waals surface area contributed by atoms with Crippen molar-refractivity contribution in [1.82, 2.24) is 19.8 Å². The molecule has 7 heteroatoms. The summed E-state index contributed by atoms with van der Waals surface area (Å²) in [6.45, 7) is 7.83. The number of anilines is 1. The molecule has 0 bridgehead atoms. The average molecular weight is 412 g/mol. The molecule has 0 unspecified atom stereocenters. The van der Waals surface area contributed by atoms with Gasteiger partial charge in [0, 0.05) is 57.2 Å². The van der Waals surface area contributed by atoms with Crippen molar-refractivity contribution < 1.29 is 9.84 Å². The molecule has 2 aromatic rings. The van der Waals surface area contributed by atoms with Crippen molar-refractivity contribution in [1.29, 1.82) is 0 Å². The number of aliphatic hydroxyl groups excluding tert-OH is 1. The highest BCUT2D eigenvalue weighted by molar-refractivity contribution is 5.34. The van der Waals surface area contributed by atoms with Crippen molar-refractivity contribution in [3.63, 3.8) is 0 Å². The molecule has 0 radical (unpaired) electrons. The minimum Gasteiger partial charge on any atom is -0.491 e. The van der Waals surface area contributed by atoms with Crippen LogP contribution in [0, 0.1) is 0 Å². The maximum absolute atomic E-state index is 10.4. The van der Waals surface area contributed by atoms with E-state index < -0.39 is 6.10 Å². The monoisotopic (exact) mass is 411 g/mol. The van der Waals surface area contributed by atoms with Crippen LogP contribution in [0.1, 0.15) is 24.8 Å². The Balaban J connectivity index is 1.26. The number of rotatable bonds is 8. The van der Waals surface area contributed by atoms with Gasteiger partial charge in [0.25, 0.3) is 0 Å². The van der Waals surface area contributed by atoms with Gasteiger partial charge in [-0.25, -0.2) is 9.97 Å². The molecule has 3 heterocycles. The molecule has 0 saturated carbocycles. The van der Waals surface area contributed by atoms with Gasteiger partial charge in [-0.2, -0.15) is 0 Å². The number of aromatic nitrogens is 2. The Morgan fingerprint density at radius 1 is 0.867 bits per heavy atom. The first-order chi connectivity index (χ1) is 14.8. The molecule has 1 atom stereocenters. The Kier molecular flexibility index (Phi) is 7.50. The molecule has 2 aliphatic heterocycles. The van der Waals surface area contributed by atoms with Crippen LogP contribution in [0.4, 0.5) is 5.95 Å². The number of ether oxygens (including phenoxy) is 1. The molecular formula is C23H33N5O2. The molecule has 162 valence electrons. The second-order valence-electron chi connectivity index (χ2n) is 8.25. The third-order valence-corrected chi connectivity index (χ3v) is 5.92. The Bertz CT molecular complexity index is 761. The normalized spacial score (nSPS) is 19.6. The van der Waals surface area contributed by atoms with Crippen LogP contribution in [0.15, 0.2) is 42.7 Å². The van der Waals surface area contributed by atoms with Crippen LogP contribution in [0.2, 0.25) is 0 Å². The summed E-state index contributed by atoms with van der Waals surface area (Å²) < 4.78 is 6.04. The zero-order valence-electron chi connectivity index (χ0n) is 17.7. The van der Waals surface area contributed by atoms with E-state index in [1.54, 1.807) is 12.4 Å². The molecule has 0 aliphatic carbocycles. The van der Waals surface area contributed by atoms with E-state index in [9.17, 15) is 5.11 Å². The second-order valence-corrected chi connectivity index (χ2v) is 8.25. The van der Waals surface area contributed by atoms with Crippen LogP contribution >= 0.6 is 0 Å². The Morgan fingerprint density at radius 3 is 2.37 bits per heavy atom. The summed E-state index contributed by atoms with van der Waals surface area (Å²) in [6, 6.07) is 10.0. The summed E-state index contributed by atoms with van der Waals surface area (Å²) in [5, 5.41) is 10.4. The molecule has 0 amide bonds. The minimum atomic E-state index is -0.453. The Hall–Kier alpha value is -2.22. The molecule has 2 fully saturated rings. The van der Waals surface area contributed by atoms with E-state index in [2.05, 4.69) is 36.8 Å². The lowest BCUT2D eigenvalue weighted by atomic mass is 10.1. The van der Waals surface area contributed by atoms with E-state index in [1.807, 2.05) is 18.2 Å². The standard InChI is InChI=1S/C23H33N5O2/c29-21(18-26-11-4-1-5-12-26)19-30-22-8-3-2-7-20(22)17-27-13-15-28(16-14-27)23-24-9-6-10-25-23/h2-3,6-10,21,29H,1,4-5,11-19H2/t21-/m1/s1. The smallest absolute Gasteiger partial charge is 0.225 e. The summed E-state index contributed by atoms with van der Waals surface area (Å²) in [4.78, 5) is 15.7. The first-order valence-electron chi connectivity index (χ1n) is 11.1. The number of aliphatic hydroxyl groups is 1. The SMILES string of the molecule is O[C@@H](COc1ccccc1CN1CCN(c2ncccn2)CC1)CN1CCCCC1. The number of β-amino-alcohol motifs (C(OH)–C–C–N with tert-alkyl or cyclic N) is 1. The lowest BCUT2D eigenvalue weighted by Gasteiger charge is -2.34. The van der Waals surface area contributed by atoms with Crippen molar-refractivity contribution in [3.8, 4) is 5.75 Å². The third-order valence-electron chi connectivity index (χ3n) is 5.92. The van der Waals surface area contributed by atoms with E-state index >= 15 is 0 Å².